The summed E-state index contributed by atoms with van der Waals surface area (Å²) in [4.78, 5) is 4.32. The Labute approximate surface area is 140 Å². The van der Waals surface area contributed by atoms with Crippen LogP contribution in [0.15, 0.2) is 30.5 Å². The van der Waals surface area contributed by atoms with Gasteiger partial charge in [-0.2, -0.15) is 10.1 Å². The molecule has 1 aliphatic rings. The molecule has 2 N–H and O–H groups in total. The first kappa shape index (κ1) is 16.4. The van der Waals surface area contributed by atoms with Crippen LogP contribution < -0.4 is 15.4 Å². The number of anilines is 2. The van der Waals surface area contributed by atoms with Gasteiger partial charge in [0, 0.05) is 18.2 Å². The largest absolute Gasteiger partial charge is 0.496 e. The first-order valence-electron chi connectivity index (χ1n) is 7.58. The van der Waals surface area contributed by atoms with Crippen molar-refractivity contribution in [2.75, 3.05) is 29.2 Å². The molecular weight excluding hydrogens is 330 g/mol. The van der Waals surface area contributed by atoms with E-state index in [9.17, 15) is 8.42 Å². The lowest BCUT2D eigenvalue weighted by molar-refractivity contribution is 0.410. The smallest absolute Gasteiger partial charge is 0.244 e. The fraction of sp³-hybridized carbons (Fsp3) is 0.400. The molecule has 0 aliphatic carbocycles. The third-order valence-corrected chi connectivity index (χ3v) is 5.54. The number of rotatable bonds is 6. The Hall–Kier alpha value is -2.42. The predicted octanol–water partition coefficient (Wildman–Crippen LogP) is 1.09. The molecule has 1 unspecified atom stereocenters. The van der Waals surface area contributed by atoms with E-state index >= 15 is 0 Å². The lowest BCUT2D eigenvalue weighted by Crippen LogP contribution is -2.22. The molecule has 3 rings (SSSR count). The van der Waals surface area contributed by atoms with E-state index in [0.717, 1.165) is 11.3 Å². The molecule has 24 heavy (non-hydrogen) atoms. The standard InChI is InChI=1S/C15H19N5O3S/c1-23-13-5-3-2-4-11(13)8-16-14-9-17-20-15(19-14)18-12-6-7-24(21,22)10-12/h2-5,9,12H,6-8,10H2,1H3,(H2,16,18,19,20). The van der Waals surface area contributed by atoms with E-state index in [1.165, 1.54) is 6.20 Å². The fourth-order valence-corrected chi connectivity index (χ4v) is 4.25. The lowest BCUT2D eigenvalue weighted by atomic mass is 10.2. The molecule has 1 aromatic heterocycles. The second-order valence-electron chi connectivity index (χ2n) is 5.57. The maximum atomic E-state index is 11.5. The van der Waals surface area contributed by atoms with Gasteiger partial charge in [-0.15, -0.1) is 5.10 Å². The maximum Gasteiger partial charge on any atom is 0.244 e. The zero-order valence-electron chi connectivity index (χ0n) is 13.3. The van der Waals surface area contributed by atoms with E-state index in [1.807, 2.05) is 24.3 Å². The molecule has 1 aliphatic heterocycles. The van der Waals surface area contributed by atoms with Gasteiger partial charge in [-0.1, -0.05) is 18.2 Å². The second kappa shape index (κ2) is 7.00. The molecule has 0 radical (unpaired) electrons. The number of nitrogens with one attached hydrogen (secondary N) is 2. The maximum absolute atomic E-state index is 11.5. The van der Waals surface area contributed by atoms with Crippen molar-refractivity contribution in [3.63, 3.8) is 0 Å². The third-order valence-electron chi connectivity index (χ3n) is 3.78. The molecule has 0 bridgehead atoms. The topological polar surface area (TPSA) is 106 Å². The van der Waals surface area contributed by atoms with E-state index in [-0.39, 0.29) is 17.5 Å². The van der Waals surface area contributed by atoms with Crippen LogP contribution >= 0.6 is 0 Å². The fourth-order valence-electron chi connectivity index (χ4n) is 2.58. The van der Waals surface area contributed by atoms with Crippen molar-refractivity contribution in [3.05, 3.63) is 36.0 Å². The molecule has 0 amide bonds. The summed E-state index contributed by atoms with van der Waals surface area (Å²) in [6.07, 6.45) is 2.08. The Kier molecular flexibility index (Phi) is 4.79. The zero-order chi connectivity index (χ0) is 17.0. The van der Waals surface area contributed by atoms with Crippen LogP contribution in [0.25, 0.3) is 0 Å². The second-order valence-corrected chi connectivity index (χ2v) is 7.80. The SMILES string of the molecule is COc1ccccc1CNc1cnnc(NC2CCS(=O)(=O)C2)n1. The van der Waals surface area contributed by atoms with Gasteiger partial charge >= 0.3 is 0 Å². The molecule has 1 saturated heterocycles. The van der Waals surface area contributed by atoms with Crippen LogP contribution in [0.5, 0.6) is 5.75 Å². The monoisotopic (exact) mass is 349 g/mol. The van der Waals surface area contributed by atoms with E-state index in [2.05, 4.69) is 25.8 Å². The Morgan fingerprint density at radius 3 is 2.92 bits per heavy atom. The summed E-state index contributed by atoms with van der Waals surface area (Å²) in [5, 5.41) is 14.0. The molecule has 9 heteroatoms. The number of sulfone groups is 1. The molecule has 0 spiro atoms. The highest BCUT2D eigenvalue weighted by molar-refractivity contribution is 7.91. The summed E-state index contributed by atoms with van der Waals surface area (Å²) in [6.45, 7) is 0.528. The minimum absolute atomic E-state index is 0.106. The molecule has 1 atom stereocenters. The van der Waals surface area contributed by atoms with Crippen molar-refractivity contribution in [1.29, 1.82) is 0 Å². The first-order chi connectivity index (χ1) is 11.6. The minimum Gasteiger partial charge on any atom is -0.496 e. The van der Waals surface area contributed by atoms with Gasteiger partial charge in [-0.3, -0.25) is 0 Å². The van der Waals surface area contributed by atoms with Crippen LogP contribution in [0.1, 0.15) is 12.0 Å². The number of hydrogen-bond donors (Lipinski definition) is 2. The predicted molar refractivity (Wildman–Crippen MR) is 90.8 cm³/mol. The Bertz CT molecular complexity index is 812. The van der Waals surface area contributed by atoms with E-state index in [4.69, 9.17) is 4.74 Å². The van der Waals surface area contributed by atoms with Crippen molar-refractivity contribution in [2.24, 2.45) is 0 Å². The van der Waals surface area contributed by atoms with Crippen LogP contribution in [0.2, 0.25) is 0 Å². The van der Waals surface area contributed by atoms with Crippen LogP contribution in [0.3, 0.4) is 0 Å². The highest BCUT2D eigenvalue weighted by Crippen LogP contribution is 2.19. The Morgan fingerprint density at radius 1 is 1.33 bits per heavy atom. The van der Waals surface area contributed by atoms with Crippen molar-refractivity contribution in [3.8, 4) is 5.75 Å². The number of para-hydroxylation sites is 1. The van der Waals surface area contributed by atoms with Crippen molar-refractivity contribution in [2.45, 2.75) is 19.0 Å². The molecule has 1 fully saturated rings. The average molecular weight is 349 g/mol. The molecule has 128 valence electrons. The summed E-state index contributed by atoms with van der Waals surface area (Å²) in [5.41, 5.74) is 0.995. The van der Waals surface area contributed by atoms with Crippen molar-refractivity contribution >= 4 is 21.6 Å². The Morgan fingerprint density at radius 2 is 2.17 bits per heavy atom. The average Bonchev–Trinajstić information content (AvgIpc) is 2.92. The molecule has 2 aromatic rings. The number of aromatic nitrogens is 3. The van der Waals surface area contributed by atoms with Crippen molar-refractivity contribution in [1.82, 2.24) is 15.2 Å². The minimum atomic E-state index is -2.95. The van der Waals surface area contributed by atoms with Gasteiger partial charge in [0.15, 0.2) is 15.7 Å². The molecule has 1 aromatic carbocycles. The quantitative estimate of drug-likeness (QED) is 0.798. The number of benzene rings is 1. The van der Waals surface area contributed by atoms with Crippen LogP contribution in [0.4, 0.5) is 11.8 Å². The van der Waals surface area contributed by atoms with Gasteiger partial charge in [0.05, 0.1) is 24.8 Å². The Balaban J connectivity index is 1.63. The van der Waals surface area contributed by atoms with E-state index in [0.29, 0.717) is 24.7 Å². The first-order valence-corrected chi connectivity index (χ1v) is 9.40. The van der Waals surface area contributed by atoms with Gasteiger partial charge in [-0.25, -0.2) is 8.42 Å². The highest BCUT2D eigenvalue weighted by Gasteiger charge is 2.28. The van der Waals surface area contributed by atoms with Crippen LogP contribution in [-0.2, 0) is 16.4 Å². The lowest BCUT2D eigenvalue weighted by Gasteiger charge is -2.12. The summed E-state index contributed by atoms with van der Waals surface area (Å²) in [6, 6.07) is 7.53. The van der Waals surface area contributed by atoms with Gasteiger partial charge in [0.1, 0.15) is 5.75 Å². The zero-order valence-corrected chi connectivity index (χ0v) is 14.1. The van der Waals surface area contributed by atoms with Gasteiger partial charge in [-0.05, 0) is 12.5 Å². The van der Waals surface area contributed by atoms with Crippen LogP contribution in [-0.4, -0.2) is 48.3 Å². The van der Waals surface area contributed by atoms with E-state index in [1.54, 1.807) is 7.11 Å². The van der Waals surface area contributed by atoms with Gasteiger partial charge < -0.3 is 15.4 Å². The molecule has 0 saturated carbocycles. The summed E-state index contributed by atoms with van der Waals surface area (Å²) in [7, 11) is -1.32. The molecular formula is C15H19N5O3S. The van der Waals surface area contributed by atoms with Crippen LogP contribution in [0, 0.1) is 0 Å². The molecule has 8 nitrogen and oxygen atoms in total. The van der Waals surface area contributed by atoms with Crippen molar-refractivity contribution < 1.29 is 13.2 Å². The molecule has 2 heterocycles. The van der Waals surface area contributed by atoms with E-state index < -0.39 is 9.84 Å². The van der Waals surface area contributed by atoms with Gasteiger partial charge in [0.25, 0.3) is 0 Å². The summed E-state index contributed by atoms with van der Waals surface area (Å²) >= 11 is 0. The number of ether oxygens (including phenoxy) is 1. The number of methoxy groups -OCH3 is 1. The highest BCUT2D eigenvalue weighted by atomic mass is 32.2. The number of hydrogen-bond acceptors (Lipinski definition) is 8. The third kappa shape index (κ3) is 4.10. The normalized spacial score (nSPS) is 19.0. The number of nitrogens with zero attached hydrogens (tertiary/aromatic N) is 3. The summed E-state index contributed by atoms with van der Waals surface area (Å²) in [5.74, 6) is 1.97. The van der Waals surface area contributed by atoms with Gasteiger partial charge in [0.2, 0.25) is 5.95 Å². The summed E-state index contributed by atoms with van der Waals surface area (Å²) < 4.78 is 28.3.